The lowest BCUT2D eigenvalue weighted by atomic mass is 9.67. The third kappa shape index (κ3) is 3.90. The molecule has 1 aromatic rings. The quantitative estimate of drug-likeness (QED) is 0.788. The van der Waals surface area contributed by atoms with Crippen molar-refractivity contribution < 1.29 is 14.7 Å². The standard InChI is InChI=1S/C16H20N2O3/c1-2-16(6-3-7-16)11-18-15(21)13-8-12(9-17-10-13)4-5-14(19)20/h4-5,8-10H,2-3,6-7,11H2,1H3,(H,18,21)(H,19,20)/b5-4+. The molecule has 1 fully saturated rings. The molecule has 0 aliphatic heterocycles. The number of pyridine rings is 1. The number of amides is 1. The van der Waals surface area contributed by atoms with Crippen molar-refractivity contribution in [3.63, 3.8) is 0 Å². The summed E-state index contributed by atoms with van der Waals surface area (Å²) in [7, 11) is 0. The number of carboxylic acid groups (broad SMARTS) is 1. The fourth-order valence-corrected chi connectivity index (χ4v) is 2.54. The van der Waals surface area contributed by atoms with E-state index in [-0.39, 0.29) is 11.3 Å². The molecule has 0 saturated heterocycles. The van der Waals surface area contributed by atoms with Gasteiger partial charge in [0.2, 0.25) is 0 Å². The minimum Gasteiger partial charge on any atom is -0.478 e. The van der Waals surface area contributed by atoms with Gasteiger partial charge in [-0.05, 0) is 42.4 Å². The van der Waals surface area contributed by atoms with Gasteiger partial charge < -0.3 is 10.4 Å². The molecule has 0 unspecified atom stereocenters. The molecule has 0 radical (unpaired) electrons. The van der Waals surface area contributed by atoms with Gasteiger partial charge in [-0.15, -0.1) is 0 Å². The monoisotopic (exact) mass is 288 g/mol. The number of aromatic nitrogens is 1. The highest BCUT2D eigenvalue weighted by Crippen LogP contribution is 2.43. The average molecular weight is 288 g/mol. The van der Waals surface area contributed by atoms with Gasteiger partial charge in [-0.1, -0.05) is 13.3 Å². The van der Waals surface area contributed by atoms with E-state index in [1.165, 1.54) is 37.7 Å². The molecule has 2 rings (SSSR count). The van der Waals surface area contributed by atoms with E-state index in [1.54, 1.807) is 6.07 Å². The Labute approximate surface area is 124 Å². The number of carbonyl (C=O) groups is 2. The first-order valence-electron chi connectivity index (χ1n) is 7.19. The minimum atomic E-state index is -1.03. The van der Waals surface area contributed by atoms with E-state index in [0.717, 1.165) is 12.5 Å². The van der Waals surface area contributed by atoms with Crippen LogP contribution in [0.25, 0.3) is 6.08 Å². The van der Waals surface area contributed by atoms with E-state index in [0.29, 0.717) is 17.7 Å². The van der Waals surface area contributed by atoms with Crippen molar-refractivity contribution >= 4 is 18.0 Å². The Morgan fingerprint density at radius 2 is 2.19 bits per heavy atom. The molecule has 0 spiro atoms. The van der Waals surface area contributed by atoms with Crippen molar-refractivity contribution in [3.8, 4) is 0 Å². The second-order valence-corrected chi connectivity index (χ2v) is 5.57. The zero-order valence-corrected chi connectivity index (χ0v) is 12.1. The van der Waals surface area contributed by atoms with Gasteiger partial charge in [0.1, 0.15) is 0 Å². The number of carboxylic acids is 1. The number of carbonyl (C=O) groups excluding carboxylic acids is 1. The van der Waals surface area contributed by atoms with Gasteiger partial charge in [0, 0.05) is 25.0 Å². The Hall–Kier alpha value is -2.17. The minimum absolute atomic E-state index is 0.159. The fourth-order valence-electron chi connectivity index (χ4n) is 2.54. The van der Waals surface area contributed by atoms with Crippen LogP contribution in [0.1, 0.15) is 48.5 Å². The molecule has 1 aliphatic rings. The Morgan fingerprint density at radius 1 is 1.43 bits per heavy atom. The molecular formula is C16H20N2O3. The summed E-state index contributed by atoms with van der Waals surface area (Å²) in [6.45, 7) is 2.85. The van der Waals surface area contributed by atoms with E-state index in [4.69, 9.17) is 5.11 Å². The number of rotatable bonds is 6. The first-order valence-corrected chi connectivity index (χ1v) is 7.19. The number of hydrogen-bond acceptors (Lipinski definition) is 3. The maximum absolute atomic E-state index is 12.1. The van der Waals surface area contributed by atoms with Crippen molar-refractivity contribution in [1.29, 1.82) is 0 Å². The van der Waals surface area contributed by atoms with Crippen LogP contribution in [0.4, 0.5) is 0 Å². The van der Waals surface area contributed by atoms with Gasteiger partial charge in [0.05, 0.1) is 5.56 Å². The molecule has 1 aromatic heterocycles. The third-order valence-corrected chi connectivity index (χ3v) is 4.23. The van der Waals surface area contributed by atoms with Crippen LogP contribution in [-0.4, -0.2) is 28.5 Å². The molecule has 0 aromatic carbocycles. The lowest BCUT2D eigenvalue weighted by molar-refractivity contribution is -0.131. The van der Waals surface area contributed by atoms with Crippen LogP contribution in [0.2, 0.25) is 0 Å². The molecule has 1 heterocycles. The summed E-state index contributed by atoms with van der Waals surface area (Å²) in [6.07, 6.45) is 10.1. The molecule has 0 atom stereocenters. The lowest BCUT2D eigenvalue weighted by Gasteiger charge is -2.41. The number of nitrogens with one attached hydrogen (secondary N) is 1. The zero-order chi connectivity index (χ0) is 15.3. The Bertz CT molecular complexity index is 557. The van der Waals surface area contributed by atoms with Crippen molar-refractivity contribution in [3.05, 3.63) is 35.7 Å². The van der Waals surface area contributed by atoms with E-state index >= 15 is 0 Å². The van der Waals surface area contributed by atoms with E-state index in [1.807, 2.05) is 0 Å². The second-order valence-electron chi connectivity index (χ2n) is 5.57. The first-order chi connectivity index (χ1) is 10.0. The summed E-state index contributed by atoms with van der Waals surface area (Å²) in [5, 5.41) is 11.6. The molecule has 1 saturated carbocycles. The van der Waals surface area contributed by atoms with Gasteiger partial charge in [0.25, 0.3) is 5.91 Å². The summed E-state index contributed by atoms with van der Waals surface area (Å²) in [5.74, 6) is -1.19. The van der Waals surface area contributed by atoms with Gasteiger partial charge in [-0.25, -0.2) is 4.79 Å². The maximum Gasteiger partial charge on any atom is 0.328 e. The van der Waals surface area contributed by atoms with Crippen molar-refractivity contribution in [2.24, 2.45) is 5.41 Å². The van der Waals surface area contributed by atoms with Gasteiger partial charge in [0.15, 0.2) is 0 Å². The first kappa shape index (κ1) is 15.2. The van der Waals surface area contributed by atoms with Gasteiger partial charge in [-0.2, -0.15) is 0 Å². The largest absolute Gasteiger partial charge is 0.478 e. The highest BCUT2D eigenvalue weighted by Gasteiger charge is 2.35. The van der Waals surface area contributed by atoms with Crippen LogP contribution in [0.15, 0.2) is 24.5 Å². The smallest absolute Gasteiger partial charge is 0.328 e. The zero-order valence-electron chi connectivity index (χ0n) is 12.1. The van der Waals surface area contributed by atoms with Crippen molar-refractivity contribution in [2.45, 2.75) is 32.6 Å². The molecule has 5 heteroatoms. The van der Waals surface area contributed by atoms with E-state index in [9.17, 15) is 9.59 Å². The Balaban J connectivity index is 1.99. The van der Waals surface area contributed by atoms with E-state index in [2.05, 4.69) is 17.2 Å². The Kier molecular flexibility index (Phi) is 4.73. The fraction of sp³-hybridized carbons (Fsp3) is 0.438. The summed E-state index contributed by atoms with van der Waals surface area (Å²) in [6, 6.07) is 1.64. The molecule has 5 nitrogen and oxygen atoms in total. The number of nitrogens with zero attached hydrogens (tertiary/aromatic N) is 1. The topological polar surface area (TPSA) is 79.3 Å². The molecule has 0 bridgehead atoms. The van der Waals surface area contributed by atoms with Crippen LogP contribution >= 0.6 is 0 Å². The number of aliphatic carboxylic acids is 1. The normalized spacial score (nSPS) is 16.4. The van der Waals surface area contributed by atoms with Crippen LogP contribution in [0.5, 0.6) is 0 Å². The molecule has 21 heavy (non-hydrogen) atoms. The Morgan fingerprint density at radius 3 is 2.76 bits per heavy atom. The second kappa shape index (κ2) is 6.52. The number of hydrogen-bond donors (Lipinski definition) is 2. The van der Waals surface area contributed by atoms with Crippen LogP contribution in [-0.2, 0) is 4.79 Å². The van der Waals surface area contributed by atoms with Gasteiger partial charge in [-0.3, -0.25) is 9.78 Å². The van der Waals surface area contributed by atoms with Crippen molar-refractivity contribution in [2.75, 3.05) is 6.54 Å². The summed E-state index contributed by atoms with van der Waals surface area (Å²) >= 11 is 0. The van der Waals surface area contributed by atoms with Gasteiger partial charge >= 0.3 is 5.97 Å². The maximum atomic E-state index is 12.1. The molecule has 2 N–H and O–H groups in total. The summed E-state index contributed by atoms with van der Waals surface area (Å²) < 4.78 is 0. The summed E-state index contributed by atoms with van der Waals surface area (Å²) in [4.78, 5) is 26.6. The van der Waals surface area contributed by atoms with Crippen LogP contribution in [0, 0.1) is 5.41 Å². The lowest BCUT2D eigenvalue weighted by Crippen LogP contribution is -2.41. The predicted molar refractivity (Wildman–Crippen MR) is 79.8 cm³/mol. The van der Waals surface area contributed by atoms with Crippen LogP contribution in [0.3, 0.4) is 0 Å². The summed E-state index contributed by atoms with van der Waals surface area (Å²) in [5.41, 5.74) is 1.32. The third-order valence-electron chi connectivity index (χ3n) is 4.23. The molecular weight excluding hydrogens is 268 g/mol. The predicted octanol–water partition coefficient (Wildman–Crippen LogP) is 2.49. The highest BCUT2D eigenvalue weighted by molar-refractivity contribution is 5.94. The average Bonchev–Trinajstić information content (AvgIpc) is 2.44. The van der Waals surface area contributed by atoms with Crippen LogP contribution < -0.4 is 5.32 Å². The molecule has 1 amide bonds. The highest BCUT2D eigenvalue weighted by atomic mass is 16.4. The SMILES string of the molecule is CCC1(CNC(=O)c2cncc(/C=C/C(=O)O)c2)CCC1. The molecule has 1 aliphatic carbocycles. The van der Waals surface area contributed by atoms with E-state index < -0.39 is 5.97 Å². The van der Waals surface area contributed by atoms with Crippen molar-refractivity contribution in [1.82, 2.24) is 10.3 Å². The molecule has 112 valence electrons.